The molecule has 4 nitrogen and oxygen atoms in total. The van der Waals surface area contributed by atoms with Crippen molar-refractivity contribution < 1.29 is 4.74 Å². The molecule has 0 amide bonds. The largest absolute Gasteiger partial charge is 0.492 e. The molecule has 0 radical (unpaired) electrons. The third-order valence-electron chi connectivity index (χ3n) is 4.76. The lowest BCUT2D eigenvalue weighted by Gasteiger charge is -2.29. The van der Waals surface area contributed by atoms with Gasteiger partial charge >= 0.3 is 0 Å². The molecule has 1 aliphatic heterocycles. The summed E-state index contributed by atoms with van der Waals surface area (Å²) in [6.07, 6.45) is 5.06. The van der Waals surface area contributed by atoms with Crippen molar-refractivity contribution in [1.29, 1.82) is 0 Å². The third kappa shape index (κ3) is 5.48. The van der Waals surface area contributed by atoms with Crippen molar-refractivity contribution in [3.63, 3.8) is 0 Å². The molecule has 0 aromatic heterocycles. The maximum atomic E-state index is 6.11. The van der Waals surface area contributed by atoms with Crippen molar-refractivity contribution in [2.24, 2.45) is 5.73 Å². The van der Waals surface area contributed by atoms with Gasteiger partial charge in [0.1, 0.15) is 12.4 Å². The van der Waals surface area contributed by atoms with Gasteiger partial charge in [-0.05, 0) is 52.0 Å². The first-order valence-corrected chi connectivity index (χ1v) is 9.10. The minimum Gasteiger partial charge on any atom is -0.492 e. The van der Waals surface area contributed by atoms with E-state index in [0.29, 0.717) is 6.54 Å². The Balaban J connectivity index is 1.96. The van der Waals surface area contributed by atoms with E-state index in [0.717, 1.165) is 25.4 Å². The predicted octanol–water partition coefficient (Wildman–Crippen LogP) is 2.89. The molecule has 1 atom stereocenters. The minimum atomic E-state index is 0.226. The van der Waals surface area contributed by atoms with Gasteiger partial charge in [0.15, 0.2) is 0 Å². The Bertz CT molecular complexity index is 446. The van der Waals surface area contributed by atoms with E-state index >= 15 is 0 Å². The van der Waals surface area contributed by atoms with Crippen LogP contribution in [0.4, 0.5) is 0 Å². The zero-order valence-electron chi connectivity index (χ0n) is 14.8. The lowest BCUT2D eigenvalue weighted by Crippen LogP contribution is -2.32. The molecule has 0 aliphatic carbocycles. The van der Waals surface area contributed by atoms with E-state index in [1.165, 1.54) is 44.3 Å². The number of para-hydroxylation sites is 1. The first kappa shape index (κ1) is 18.2. The molecular formula is C19H33N3O. The van der Waals surface area contributed by atoms with Crippen LogP contribution in [0.1, 0.15) is 44.2 Å². The quantitative estimate of drug-likeness (QED) is 0.720. The van der Waals surface area contributed by atoms with Crippen LogP contribution in [0.25, 0.3) is 0 Å². The normalized spacial score (nSPS) is 16.9. The van der Waals surface area contributed by atoms with Gasteiger partial charge in [-0.3, -0.25) is 9.80 Å². The highest BCUT2D eigenvalue weighted by molar-refractivity contribution is 5.36. The van der Waals surface area contributed by atoms with Crippen molar-refractivity contribution in [2.45, 2.75) is 38.6 Å². The van der Waals surface area contributed by atoms with Gasteiger partial charge in [0.25, 0.3) is 0 Å². The third-order valence-corrected chi connectivity index (χ3v) is 4.76. The molecule has 2 rings (SSSR count). The van der Waals surface area contributed by atoms with Crippen molar-refractivity contribution >= 4 is 0 Å². The van der Waals surface area contributed by atoms with Crippen LogP contribution in [0, 0.1) is 0 Å². The number of likely N-dealkylation sites (tertiary alicyclic amines) is 1. The highest BCUT2D eigenvalue weighted by Gasteiger charge is 2.19. The van der Waals surface area contributed by atoms with Gasteiger partial charge in [-0.15, -0.1) is 0 Å². The first-order valence-electron chi connectivity index (χ1n) is 9.10. The second-order valence-electron chi connectivity index (χ2n) is 6.52. The van der Waals surface area contributed by atoms with E-state index in [4.69, 9.17) is 10.5 Å². The summed E-state index contributed by atoms with van der Waals surface area (Å²) in [7, 11) is 2.16. The molecule has 1 saturated heterocycles. The molecule has 1 aromatic carbocycles. The molecule has 130 valence electrons. The summed E-state index contributed by atoms with van der Waals surface area (Å²) < 4.78 is 6.11. The molecule has 23 heavy (non-hydrogen) atoms. The smallest absolute Gasteiger partial charge is 0.124 e. The summed E-state index contributed by atoms with van der Waals surface area (Å²) in [5, 5.41) is 0. The highest BCUT2D eigenvalue weighted by atomic mass is 16.5. The number of ether oxygens (including phenoxy) is 1. The lowest BCUT2D eigenvalue weighted by atomic mass is 10.0. The molecule has 0 saturated carbocycles. The van der Waals surface area contributed by atoms with Gasteiger partial charge in [0, 0.05) is 18.7 Å². The van der Waals surface area contributed by atoms with Crippen LogP contribution in [0.15, 0.2) is 24.3 Å². The van der Waals surface area contributed by atoms with Crippen LogP contribution >= 0.6 is 0 Å². The van der Waals surface area contributed by atoms with Crippen molar-refractivity contribution in [3.8, 4) is 5.75 Å². The monoisotopic (exact) mass is 319 g/mol. The van der Waals surface area contributed by atoms with Crippen LogP contribution in [0.3, 0.4) is 0 Å². The average molecular weight is 319 g/mol. The molecule has 0 spiro atoms. The lowest BCUT2D eigenvalue weighted by molar-refractivity contribution is 0.218. The van der Waals surface area contributed by atoms with Crippen molar-refractivity contribution in [1.82, 2.24) is 9.80 Å². The molecule has 1 heterocycles. The second-order valence-corrected chi connectivity index (χ2v) is 6.52. The van der Waals surface area contributed by atoms with E-state index in [-0.39, 0.29) is 6.04 Å². The van der Waals surface area contributed by atoms with Gasteiger partial charge in [-0.2, -0.15) is 0 Å². The predicted molar refractivity (Wildman–Crippen MR) is 96.9 cm³/mol. The summed E-state index contributed by atoms with van der Waals surface area (Å²) in [6, 6.07) is 8.60. The van der Waals surface area contributed by atoms with Crippen LogP contribution in [-0.4, -0.2) is 56.2 Å². The number of nitrogens with two attached hydrogens (primary N) is 1. The number of nitrogens with zero attached hydrogens (tertiary/aromatic N) is 2. The molecule has 1 unspecified atom stereocenters. The van der Waals surface area contributed by atoms with Gasteiger partial charge in [0.2, 0.25) is 0 Å². The van der Waals surface area contributed by atoms with E-state index in [1.54, 1.807) is 0 Å². The van der Waals surface area contributed by atoms with Gasteiger partial charge in [-0.1, -0.05) is 31.5 Å². The molecule has 4 heteroatoms. The molecule has 0 bridgehead atoms. The standard InChI is InChI=1S/C19H33N3O/c1-3-4-11-21(2)18(16-20)17-9-5-6-10-19(17)23-15-14-22-12-7-8-13-22/h5-6,9-10,18H,3-4,7-8,11-16,20H2,1-2H3. The number of unbranched alkanes of at least 4 members (excludes halogenated alkanes) is 1. The Morgan fingerprint density at radius 2 is 2.00 bits per heavy atom. The number of benzene rings is 1. The number of likely N-dealkylation sites (N-methyl/N-ethyl adjacent to an activating group) is 1. The fourth-order valence-electron chi connectivity index (χ4n) is 3.29. The van der Waals surface area contributed by atoms with Gasteiger partial charge < -0.3 is 10.5 Å². The Morgan fingerprint density at radius 3 is 2.70 bits per heavy atom. The number of hydrogen-bond acceptors (Lipinski definition) is 4. The second kappa shape index (κ2) is 9.91. The number of hydrogen-bond donors (Lipinski definition) is 1. The fraction of sp³-hybridized carbons (Fsp3) is 0.684. The molecule has 2 N–H and O–H groups in total. The Labute approximate surface area is 141 Å². The van der Waals surface area contributed by atoms with Gasteiger partial charge in [-0.25, -0.2) is 0 Å². The minimum absolute atomic E-state index is 0.226. The molecule has 1 aliphatic rings. The molecular weight excluding hydrogens is 286 g/mol. The fourth-order valence-corrected chi connectivity index (χ4v) is 3.29. The summed E-state index contributed by atoms with van der Waals surface area (Å²) in [5.74, 6) is 0.991. The van der Waals surface area contributed by atoms with E-state index in [9.17, 15) is 0 Å². The van der Waals surface area contributed by atoms with Crippen LogP contribution in [0.2, 0.25) is 0 Å². The van der Waals surface area contributed by atoms with Crippen LogP contribution in [-0.2, 0) is 0 Å². The zero-order chi connectivity index (χ0) is 16.5. The first-order chi connectivity index (χ1) is 11.3. The van der Waals surface area contributed by atoms with Crippen LogP contribution in [0.5, 0.6) is 5.75 Å². The van der Waals surface area contributed by atoms with E-state index < -0.39 is 0 Å². The van der Waals surface area contributed by atoms with E-state index in [2.05, 4.69) is 42.0 Å². The van der Waals surface area contributed by atoms with Gasteiger partial charge in [0.05, 0.1) is 6.04 Å². The maximum Gasteiger partial charge on any atom is 0.124 e. The maximum absolute atomic E-state index is 6.11. The highest BCUT2D eigenvalue weighted by Crippen LogP contribution is 2.28. The van der Waals surface area contributed by atoms with Crippen LogP contribution < -0.4 is 10.5 Å². The number of rotatable bonds is 10. The topological polar surface area (TPSA) is 41.7 Å². The summed E-state index contributed by atoms with van der Waals surface area (Å²) in [5.41, 5.74) is 7.29. The Hall–Kier alpha value is -1.10. The Kier molecular flexibility index (Phi) is 7.86. The molecule has 1 aromatic rings. The van der Waals surface area contributed by atoms with Crippen molar-refractivity contribution in [2.75, 3.05) is 46.4 Å². The summed E-state index contributed by atoms with van der Waals surface area (Å²) >= 11 is 0. The van der Waals surface area contributed by atoms with Crippen molar-refractivity contribution in [3.05, 3.63) is 29.8 Å². The Morgan fingerprint density at radius 1 is 1.26 bits per heavy atom. The van der Waals surface area contributed by atoms with E-state index in [1.807, 2.05) is 6.07 Å². The summed E-state index contributed by atoms with van der Waals surface area (Å²) in [4.78, 5) is 4.84. The SMILES string of the molecule is CCCCN(C)C(CN)c1ccccc1OCCN1CCCC1. The zero-order valence-corrected chi connectivity index (χ0v) is 14.8. The summed E-state index contributed by atoms with van der Waals surface area (Å²) in [6.45, 7) is 8.13. The molecule has 1 fully saturated rings. The average Bonchev–Trinajstić information content (AvgIpc) is 3.08.